The van der Waals surface area contributed by atoms with Gasteiger partial charge in [0.05, 0.1) is 5.41 Å². The fourth-order valence-electron chi connectivity index (χ4n) is 3.82. The Hall–Kier alpha value is -2.66. The molecule has 0 aromatic heterocycles. The lowest BCUT2D eigenvalue weighted by Crippen LogP contribution is -2.45. The fourth-order valence-corrected chi connectivity index (χ4v) is 3.82. The molecule has 0 radical (unpaired) electrons. The molecule has 1 N–H and O–H groups in total. The Morgan fingerprint density at radius 1 is 1.07 bits per heavy atom. The predicted octanol–water partition coefficient (Wildman–Crippen LogP) is 2.21. The number of nitrogens with one attached hydrogen (secondary N) is 1. The quantitative estimate of drug-likeness (QED) is 0.819. The first-order valence-electron chi connectivity index (χ1n) is 9.27. The van der Waals surface area contributed by atoms with Gasteiger partial charge < -0.3 is 15.1 Å². The van der Waals surface area contributed by atoms with E-state index in [1.807, 2.05) is 73.6 Å². The average molecular weight is 365 g/mol. The van der Waals surface area contributed by atoms with Crippen LogP contribution in [-0.2, 0) is 21.4 Å². The van der Waals surface area contributed by atoms with Crippen LogP contribution in [0.5, 0.6) is 0 Å². The molecule has 142 valence electrons. The van der Waals surface area contributed by atoms with Crippen molar-refractivity contribution < 1.29 is 9.59 Å². The molecule has 1 aliphatic rings. The number of carbonyl (C=O) groups excluding carboxylic acids is 2. The first-order valence-corrected chi connectivity index (χ1v) is 9.27. The van der Waals surface area contributed by atoms with Crippen molar-refractivity contribution in [2.45, 2.75) is 18.3 Å². The maximum Gasteiger partial charge on any atom is 0.238 e. The van der Waals surface area contributed by atoms with Crippen LogP contribution in [0.15, 0.2) is 54.6 Å². The molecular formula is C22H27N3O2. The summed E-state index contributed by atoms with van der Waals surface area (Å²) in [4.78, 5) is 29.8. The third-order valence-corrected chi connectivity index (χ3v) is 5.19. The molecule has 27 heavy (non-hydrogen) atoms. The molecular weight excluding hydrogens is 338 g/mol. The number of nitrogens with zero attached hydrogens (tertiary/aromatic N) is 2. The summed E-state index contributed by atoms with van der Waals surface area (Å²) in [5, 5.41) is 2.97. The van der Waals surface area contributed by atoms with Crippen LogP contribution >= 0.6 is 0 Å². The average Bonchev–Trinajstić information content (AvgIpc) is 2.85. The Balaban J connectivity index is 1.93. The summed E-state index contributed by atoms with van der Waals surface area (Å²) in [5.41, 5.74) is 2.01. The molecule has 0 saturated carbocycles. The van der Waals surface area contributed by atoms with Crippen LogP contribution in [-0.4, -0.2) is 50.9 Å². The van der Waals surface area contributed by atoms with Gasteiger partial charge in [0, 0.05) is 32.2 Å². The van der Waals surface area contributed by atoms with E-state index in [9.17, 15) is 9.59 Å². The van der Waals surface area contributed by atoms with Crippen molar-refractivity contribution in [3.63, 3.8) is 0 Å². The molecule has 2 aromatic rings. The first kappa shape index (κ1) is 19.1. The third kappa shape index (κ3) is 3.88. The topological polar surface area (TPSA) is 52.7 Å². The summed E-state index contributed by atoms with van der Waals surface area (Å²) in [6, 6.07) is 17.7. The highest BCUT2D eigenvalue weighted by Crippen LogP contribution is 2.45. The molecule has 3 rings (SSSR count). The van der Waals surface area contributed by atoms with Gasteiger partial charge in [0.2, 0.25) is 11.8 Å². The molecule has 0 unspecified atom stereocenters. The summed E-state index contributed by atoms with van der Waals surface area (Å²) in [5.74, 6) is -0.110. The van der Waals surface area contributed by atoms with Gasteiger partial charge in [-0.25, -0.2) is 0 Å². The number of benzene rings is 2. The van der Waals surface area contributed by atoms with Crippen molar-refractivity contribution in [1.82, 2.24) is 10.2 Å². The third-order valence-electron chi connectivity index (χ3n) is 5.19. The zero-order valence-electron chi connectivity index (χ0n) is 16.2. The highest BCUT2D eigenvalue weighted by molar-refractivity contribution is 6.09. The van der Waals surface area contributed by atoms with E-state index in [2.05, 4.69) is 5.32 Å². The van der Waals surface area contributed by atoms with Gasteiger partial charge in [0.1, 0.15) is 0 Å². The number of likely N-dealkylation sites (N-methyl/N-ethyl adjacent to an activating group) is 2. The van der Waals surface area contributed by atoms with E-state index in [1.165, 1.54) is 0 Å². The lowest BCUT2D eigenvalue weighted by Gasteiger charge is -2.28. The second-order valence-corrected chi connectivity index (χ2v) is 7.46. The Kier molecular flexibility index (Phi) is 5.61. The Morgan fingerprint density at radius 2 is 1.74 bits per heavy atom. The van der Waals surface area contributed by atoms with E-state index >= 15 is 0 Å². The largest absolute Gasteiger partial charge is 0.355 e. The highest BCUT2D eigenvalue weighted by Gasteiger charge is 2.50. The molecule has 0 aliphatic carbocycles. The van der Waals surface area contributed by atoms with Crippen LogP contribution in [0.3, 0.4) is 0 Å². The number of fused-ring (bicyclic) bond motifs is 1. The number of hydrogen-bond donors (Lipinski definition) is 1. The van der Waals surface area contributed by atoms with Crippen LogP contribution in [0.1, 0.15) is 17.5 Å². The maximum absolute atomic E-state index is 13.3. The number of para-hydroxylation sites is 1. The molecule has 1 aliphatic heterocycles. The molecule has 1 atom stereocenters. The molecule has 5 heteroatoms. The van der Waals surface area contributed by atoms with Crippen molar-refractivity contribution >= 4 is 17.5 Å². The SMILES string of the molecule is CN(C)CCNC(=O)C[C@@]1(Cc2ccccc2)C(=O)N(C)c2ccccc21. The van der Waals surface area contributed by atoms with Crippen molar-refractivity contribution in [1.29, 1.82) is 0 Å². The van der Waals surface area contributed by atoms with Crippen LogP contribution in [0.4, 0.5) is 5.69 Å². The Bertz CT molecular complexity index is 819. The lowest BCUT2D eigenvalue weighted by atomic mass is 9.73. The first-order chi connectivity index (χ1) is 12.9. The second-order valence-electron chi connectivity index (χ2n) is 7.46. The molecule has 0 spiro atoms. The molecule has 0 fully saturated rings. The van der Waals surface area contributed by atoms with E-state index in [4.69, 9.17) is 0 Å². The Morgan fingerprint density at radius 3 is 2.44 bits per heavy atom. The Labute approximate surface area is 161 Å². The number of anilines is 1. The number of amides is 2. The van der Waals surface area contributed by atoms with E-state index < -0.39 is 5.41 Å². The van der Waals surface area contributed by atoms with E-state index in [1.54, 1.807) is 11.9 Å². The summed E-state index contributed by atoms with van der Waals surface area (Å²) < 4.78 is 0. The standard InChI is InChI=1S/C22H27N3O2/c1-24(2)14-13-23-20(26)16-22(15-17-9-5-4-6-10-17)18-11-7-8-12-19(18)25(3)21(22)27/h4-12H,13-16H2,1-3H3,(H,23,26)/t22-/m1/s1. The van der Waals surface area contributed by atoms with Crippen LogP contribution < -0.4 is 10.2 Å². The normalized spacial score (nSPS) is 18.7. The molecule has 0 bridgehead atoms. The molecule has 1 heterocycles. The minimum atomic E-state index is -0.866. The smallest absolute Gasteiger partial charge is 0.238 e. The number of carbonyl (C=O) groups is 2. The lowest BCUT2D eigenvalue weighted by molar-refractivity contribution is -0.129. The van der Waals surface area contributed by atoms with Gasteiger partial charge in [-0.15, -0.1) is 0 Å². The zero-order chi connectivity index (χ0) is 19.4. The van der Waals surface area contributed by atoms with E-state index in [0.717, 1.165) is 23.4 Å². The van der Waals surface area contributed by atoms with Crippen molar-refractivity contribution in [2.75, 3.05) is 39.1 Å². The summed E-state index contributed by atoms with van der Waals surface area (Å²) >= 11 is 0. The molecule has 0 saturated heterocycles. The van der Waals surface area contributed by atoms with Gasteiger partial charge >= 0.3 is 0 Å². The maximum atomic E-state index is 13.3. The summed E-state index contributed by atoms with van der Waals surface area (Å²) in [6.07, 6.45) is 0.657. The van der Waals surface area contributed by atoms with Gasteiger partial charge in [-0.05, 0) is 37.7 Å². The van der Waals surface area contributed by atoms with Crippen LogP contribution in [0, 0.1) is 0 Å². The summed E-state index contributed by atoms with van der Waals surface area (Å²) in [7, 11) is 5.72. The van der Waals surface area contributed by atoms with E-state index in [0.29, 0.717) is 13.0 Å². The number of rotatable bonds is 7. The molecule has 5 nitrogen and oxygen atoms in total. The van der Waals surface area contributed by atoms with E-state index in [-0.39, 0.29) is 18.2 Å². The van der Waals surface area contributed by atoms with Crippen LogP contribution in [0.25, 0.3) is 0 Å². The minimum Gasteiger partial charge on any atom is -0.355 e. The van der Waals surface area contributed by atoms with Crippen LogP contribution in [0.2, 0.25) is 0 Å². The van der Waals surface area contributed by atoms with Crippen molar-refractivity contribution in [3.05, 3.63) is 65.7 Å². The fraction of sp³-hybridized carbons (Fsp3) is 0.364. The monoisotopic (exact) mass is 365 g/mol. The van der Waals surface area contributed by atoms with Crippen molar-refractivity contribution in [2.24, 2.45) is 0 Å². The van der Waals surface area contributed by atoms with Gasteiger partial charge in [-0.1, -0.05) is 48.5 Å². The molecule has 2 aromatic carbocycles. The summed E-state index contributed by atoms with van der Waals surface area (Å²) in [6.45, 7) is 1.33. The van der Waals surface area contributed by atoms with Gasteiger partial charge in [-0.2, -0.15) is 0 Å². The van der Waals surface area contributed by atoms with Gasteiger partial charge in [0.15, 0.2) is 0 Å². The van der Waals surface area contributed by atoms with Crippen molar-refractivity contribution in [3.8, 4) is 0 Å². The van der Waals surface area contributed by atoms with Gasteiger partial charge in [-0.3, -0.25) is 9.59 Å². The highest BCUT2D eigenvalue weighted by atomic mass is 16.2. The zero-order valence-corrected chi connectivity index (χ0v) is 16.2. The number of hydrogen-bond acceptors (Lipinski definition) is 3. The molecule has 2 amide bonds. The minimum absolute atomic E-state index is 0.0182. The second kappa shape index (κ2) is 7.92. The predicted molar refractivity (Wildman–Crippen MR) is 108 cm³/mol. The van der Waals surface area contributed by atoms with Gasteiger partial charge in [0.25, 0.3) is 0 Å².